The number of nitrogens with zero attached hydrogens (tertiary/aromatic N) is 2. The minimum absolute atomic E-state index is 0.0342. The monoisotopic (exact) mass is 396 g/mol. The fourth-order valence-electron chi connectivity index (χ4n) is 2.94. The van der Waals surface area contributed by atoms with Crippen LogP contribution in [0, 0.1) is 19.7 Å². The molecule has 1 aliphatic heterocycles. The lowest BCUT2D eigenvalue weighted by Crippen LogP contribution is -2.36. The van der Waals surface area contributed by atoms with Gasteiger partial charge in [0.1, 0.15) is 11.5 Å². The lowest BCUT2D eigenvalue weighted by atomic mass is 10.1. The molecule has 8 heteroatoms. The van der Waals surface area contributed by atoms with E-state index in [4.69, 9.17) is 0 Å². The van der Waals surface area contributed by atoms with Crippen molar-refractivity contribution in [3.63, 3.8) is 0 Å². The van der Waals surface area contributed by atoms with Crippen LogP contribution in [0.3, 0.4) is 0 Å². The van der Waals surface area contributed by atoms with Gasteiger partial charge in [-0.15, -0.1) is 0 Å². The van der Waals surface area contributed by atoms with E-state index in [1.54, 1.807) is 0 Å². The second kappa shape index (κ2) is 8.22. The maximum Gasteiger partial charge on any atom is 0.271 e. The van der Waals surface area contributed by atoms with Crippen LogP contribution in [0.2, 0.25) is 0 Å². The zero-order valence-electron chi connectivity index (χ0n) is 16.4. The van der Waals surface area contributed by atoms with Gasteiger partial charge < -0.3 is 10.6 Å². The van der Waals surface area contributed by atoms with Crippen molar-refractivity contribution >= 4 is 40.5 Å². The molecule has 150 valence electrons. The van der Waals surface area contributed by atoms with E-state index in [0.29, 0.717) is 11.4 Å². The van der Waals surface area contributed by atoms with Gasteiger partial charge in [0, 0.05) is 25.5 Å². The van der Waals surface area contributed by atoms with Gasteiger partial charge in [0.2, 0.25) is 11.8 Å². The number of amides is 3. The van der Waals surface area contributed by atoms with Crippen LogP contribution in [0.25, 0.3) is 0 Å². The topological polar surface area (TPSA) is 90.9 Å². The summed E-state index contributed by atoms with van der Waals surface area (Å²) in [5.74, 6) is -1.72. The molecule has 0 unspecified atom stereocenters. The van der Waals surface area contributed by atoms with E-state index in [1.807, 2.05) is 32.0 Å². The summed E-state index contributed by atoms with van der Waals surface area (Å²) in [5, 5.41) is 10.5. The highest BCUT2D eigenvalue weighted by atomic mass is 19.1. The normalized spacial score (nSPS) is 13.7. The molecule has 0 bridgehead atoms. The molecule has 2 N–H and O–H groups in total. The third-order valence-electron chi connectivity index (χ3n) is 4.42. The Morgan fingerprint density at radius 3 is 2.55 bits per heavy atom. The predicted molar refractivity (Wildman–Crippen MR) is 109 cm³/mol. The van der Waals surface area contributed by atoms with Crippen LogP contribution < -0.4 is 15.6 Å². The molecule has 2 aromatic rings. The molecule has 0 radical (unpaired) electrons. The number of hydrazone groups is 1. The highest BCUT2D eigenvalue weighted by Gasteiger charge is 2.26. The summed E-state index contributed by atoms with van der Waals surface area (Å²) in [6, 6.07) is 9.53. The standard InChI is InChI=1S/C21H21FN4O3/c1-12-4-5-13(2)19(10-12)26-20(28)9-8-17(25-26)21(29)24-15-6-7-16(22)18(11-15)23-14(3)27/h4-7,10-11H,8-9H2,1-3H3,(H,23,27)(H,24,29). The van der Waals surface area contributed by atoms with Crippen molar-refractivity contribution in [1.29, 1.82) is 0 Å². The third-order valence-corrected chi connectivity index (χ3v) is 4.42. The molecule has 29 heavy (non-hydrogen) atoms. The Morgan fingerprint density at radius 2 is 1.83 bits per heavy atom. The van der Waals surface area contributed by atoms with E-state index >= 15 is 0 Å². The maximum atomic E-state index is 13.8. The Labute approximate surface area is 167 Å². The molecule has 0 atom stereocenters. The molecular formula is C21H21FN4O3. The summed E-state index contributed by atoms with van der Waals surface area (Å²) in [7, 11) is 0. The van der Waals surface area contributed by atoms with Gasteiger partial charge >= 0.3 is 0 Å². The molecule has 0 spiro atoms. The summed E-state index contributed by atoms with van der Waals surface area (Å²) in [6.07, 6.45) is 0.353. The number of aryl methyl sites for hydroxylation is 2. The average molecular weight is 396 g/mol. The number of rotatable bonds is 4. The number of anilines is 3. The molecule has 3 amide bonds. The Balaban J connectivity index is 1.84. The Morgan fingerprint density at radius 1 is 1.07 bits per heavy atom. The molecular weight excluding hydrogens is 375 g/mol. The first-order valence-corrected chi connectivity index (χ1v) is 9.11. The van der Waals surface area contributed by atoms with E-state index < -0.39 is 17.6 Å². The van der Waals surface area contributed by atoms with Gasteiger partial charge in [-0.1, -0.05) is 12.1 Å². The quantitative estimate of drug-likeness (QED) is 0.828. The zero-order chi connectivity index (χ0) is 21.1. The smallest absolute Gasteiger partial charge is 0.271 e. The van der Waals surface area contributed by atoms with Crippen LogP contribution in [-0.2, 0) is 14.4 Å². The summed E-state index contributed by atoms with van der Waals surface area (Å²) in [6.45, 7) is 5.05. The van der Waals surface area contributed by atoms with Gasteiger partial charge in [0.25, 0.3) is 5.91 Å². The van der Waals surface area contributed by atoms with Crippen molar-refractivity contribution in [3.8, 4) is 0 Å². The molecule has 7 nitrogen and oxygen atoms in total. The van der Waals surface area contributed by atoms with E-state index in [9.17, 15) is 18.8 Å². The van der Waals surface area contributed by atoms with Gasteiger partial charge in [-0.25, -0.2) is 9.40 Å². The highest BCUT2D eigenvalue weighted by molar-refractivity contribution is 6.44. The molecule has 1 heterocycles. The first kappa shape index (κ1) is 20.2. The van der Waals surface area contributed by atoms with E-state index in [2.05, 4.69) is 15.7 Å². The van der Waals surface area contributed by atoms with Crippen molar-refractivity contribution in [1.82, 2.24) is 0 Å². The minimum Gasteiger partial charge on any atom is -0.324 e. The van der Waals surface area contributed by atoms with E-state index in [-0.39, 0.29) is 30.1 Å². The van der Waals surface area contributed by atoms with Crippen LogP contribution in [0.5, 0.6) is 0 Å². The fourth-order valence-corrected chi connectivity index (χ4v) is 2.94. The van der Waals surface area contributed by atoms with Crippen LogP contribution in [0.1, 0.15) is 30.9 Å². The number of hydrogen-bond donors (Lipinski definition) is 2. The maximum absolute atomic E-state index is 13.8. The van der Waals surface area contributed by atoms with Crippen LogP contribution in [-0.4, -0.2) is 23.4 Å². The number of benzene rings is 2. The summed E-state index contributed by atoms with van der Waals surface area (Å²) in [5.41, 5.74) is 2.94. The lowest BCUT2D eigenvalue weighted by Gasteiger charge is -2.24. The first-order chi connectivity index (χ1) is 13.7. The van der Waals surface area contributed by atoms with Gasteiger partial charge in [0.15, 0.2) is 0 Å². The number of carbonyl (C=O) groups excluding carboxylic acids is 3. The first-order valence-electron chi connectivity index (χ1n) is 9.11. The second-order valence-corrected chi connectivity index (χ2v) is 6.87. The Bertz CT molecular complexity index is 1030. The van der Waals surface area contributed by atoms with E-state index in [1.165, 1.54) is 24.1 Å². The van der Waals surface area contributed by atoms with Gasteiger partial charge in [-0.3, -0.25) is 14.4 Å². The van der Waals surface area contributed by atoms with E-state index in [0.717, 1.165) is 17.2 Å². The molecule has 3 rings (SSSR count). The lowest BCUT2D eigenvalue weighted by molar-refractivity contribution is -0.119. The van der Waals surface area contributed by atoms with Gasteiger partial charge in [-0.2, -0.15) is 5.10 Å². The van der Waals surface area contributed by atoms with Gasteiger partial charge in [0.05, 0.1) is 11.4 Å². The summed E-state index contributed by atoms with van der Waals surface area (Å²) >= 11 is 0. The van der Waals surface area contributed by atoms with Crippen LogP contribution >= 0.6 is 0 Å². The summed E-state index contributed by atoms with van der Waals surface area (Å²) < 4.78 is 13.8. The molecule has 0 aliphatic carbocycles. The predicted octanol–water partition coefficient (Wildman–Crippen LogP) is 3.52. The molecule has 0 saturated carbocycles. The number of carbonyl (C=O) groups is 3. The number of nitrogens with one attached hydrogen (secondary N) is 2. The van der Waals surface area contributed by atoms with Gasteiger partial charge in [-0.05, 0) is 49.2 Å². The number of hydrogen-bond acceptors (Lipinski definition) is 4. The second-order valence-electron chi connectivity index (χ2n) is 6.87. The SMILES string of the molecule is CC(=O)Nc1cc(NC(=O)C2=NN(c3cc(C)ccc3C)C(=O)CC2)ccc1F. The van der Waals surface area contributed by atoms with Crippen molar-refractivity contribution in [2.45, 2.75) is 33.6 Å². The van der Waals surface area contributed by atoms with Crippen molar-refractivity contribution in [3.05, 3.63) is 53.3 Å². The molecule has 1 aliphatic rings. The zero-order valence-corrected chi connectivity index (χ0v) is 16.4. The highest BCUT2D eigenvalue weighted by Crippen LogP contribution is 2.26. The largest absolute Gasteiger partial charge is 0.324 e. The average Bonchev–Trinajstić information content (AvgIpc) is 2.66. The molecule has 0 saturated heterocycles. The molecule has 0 fully saturated rings. The third kappa shape index (κ3) is 4.66. The van der Waals surface area contributed by atoms with Crippen molar-refractivity contribution < 1.29 is 18.8 Å². The van der Waals surface area contributed by atoms with Crippen LogP contribution in [0.15, 0.2) is 41.5 Å². The molecule has 2 aromatic carbocycles. The fraction of sp³-hybridized carbons (Fsp3) is 0.238. The Hall–Kier alpha value is -3.55. The van der Waals surface area contributed by atoms with Crippen molar-refractivity contribution in [2.24, 2.45) is 5.10 Å². The van der Waals surface area contributed by atoms with Crippen molar-refractivity contribution in [2.75, 3.05) is 15.6 Å². The minimum atomic E-state index is -0.611. The molecule has 0 aromatic heterocycles. The number of halogens is 1. The summed E-state index contributed by atoms with van der Waals surface area (Å²) in [4.78, 5) is 36.2. The van der Waals surface area contributed by atoms with Crippen LogP contribution in [0.4, 0.5) is 21.5 Å². The Kier molecular flexibility index (Phi) is 5.72.